The number of aryl methyl sites for hydroxylation is 1. The summed E-state index contributed by atoms with van der Waals surface area (Å²) in [7, 11) is 1.73. The average Bonchev–Trinajstić information content (AvgIpc) is 2.53. The molecule has 0 saturated carbocycles. The number of benzene rings is 1. The van der Waals surface area contributed by atoms with Crippen LogP contribution < -0.4 is 20.7 Å². The summed E-state index contributed by atoms with van der Waals surface area (Å²) in [6.07, 6.45) is 0. The second-order valence-corrected chi connectivity index (χ2v) is 8.68. The van der Waals surface area contributed by atoms with Gasteiger partial charge in [-0.1, -0.05) is 32.9 Å². The first kappa shape index (κ1) is 22.8. The summed E-state index contributed by atoms with van der Waals surface area (Å²) in [5.41, 5.74) is 1.59. The van der Waals surface area contributed by atoms with Crippen LogP contribution in [0.3, 0.4) is 0 Å². The first-order chi connectivity index (χ1) is 12.4. The van der Waals surface area contributed by atoms with Crippen LogP contribution in [0.25, 0.3) is 0 Å². The Labute approximate surface area is 164 Å². The minimum atomic E-state index is -0.380. The van der Waals surface area contributed by atoms with Gasteiger partial charge in [0.05, 0.1) is 0 Å². The molecular formula is C21H36N4O2. The van der Waals surface area contributed by atoms with Gasteiger partial charge in [-0.05, 0) is 39.3 Å². The Kier molecular flexibility index (Phi) is 8.13. The standard InChI is InChI=1S/C21H36N4O2/c1-15-9-10-16(17(13-15)27-21(5,6)7)14-25-19(22-8)24-12-11-23-18(26)20(2,3)4/h9-10,13H,11-12,14H2,1-8H3,(H,23,26)(H2,22,24,25). The fourth-order valence-corrected chi connectivity index (χ4v) is 2.25. The van der Waals surface area contributed by atoms with Gasteiger partial charge in [-0.2, -0.15) is 0 Å². The van der Waals surface area contributed by atoms with E-state index in [1.54, 1.807) is 7.05 Å². The lowest BCUT2D eigenvalue weighted by atomic mass is 9.96. The molecule has 1 aromatic carbocycles. The fraction of sp³-hybridized carbons (Fsp3) is 0.619. The molecule has 1 rings (SSSR count). The number of hydrogen-bond donors (Lipinski definition) is 3. The summed E-state index contributed by atoms with van der Waals surface area (Å²) in [6, 6.07) is 6.20. The SMILES string of the molecule is CN=C(NCCNC(=O)C(C)(C)C)NCc1ccc(C)cc1OC(C)(C)C. The first-order valence-corrected chi connectivity index (χ1v) is 9.44. The quantitative estimate of drug-likeness (QED) is 0.405. The number of hydrogen-bond acceptors (Lipinski definition) is 3. The zero-order valence-corrected chi connectivity index (χ0v) is 18.1. The van der Waals surface area contributed by atoms with Gasteiger partial charge >= 0.3 is 0 Å². The molecule has 1 aromatic rings. The van der Waals surface area contributed by atoms with Crippen molar-refractivity contribution < 1.29 is 9.53 Å². The molecule has 0 aliphatic heterocycles. The van der Waals surface area contributed by atoms with Crippen LogP contribution in [-0.2, 0) is 11.3 Å². The molecule has 0 spiro atoms. The van der Waals surface area contributed by atoms with E-state index < -0.39 is 0 Å². The fourth-order valence-electron chi connectivity index (χ4n) is 2.25. The number of carbonyl (C=O) groups excluding carboxylic acids is 1. The highest BCUT2D eigenvalue weighted by Gasteiger charge is 2.20. The first-order valence-electron chi connectivity index (χ1n) is 9.44. The van der Waals surface area contributed by atoms with Gasteiger partial charge in [-0.3, -0.25) is 9.79 Å². The van der Waals surface area contributed by atoms with Crippen LogP contribution >= 0.6 is 0 Å². The lowest BCUT2D eigenvalue weighted by molar-refractivity contribution is -0.128. The highest BCUT2D eigenvalue weighted by Crippen LogP contribution is 2.24. The van der Waals surface area contributed by atoms with Crippen molar-refractivity contribution in [2.75, 3.05) is 20.1 Å². The number of carbonyl (C=O) groups is 1. The van der Waals surface area contributed by atoms with Gasteiger partial charge in [0.25, 0.3) is 0 Å². The van der Waals surface area contributed by atoms with E-state index in [2.05, 4.69) is 46.1 Å². The molecular weight excluding hydrogens is 340 g/mol. The maximum atomic E-state index is 11.9. The van der Waals surface area contributed by atoms with Gasteiger partial charge in [0.15, 0.2) is 5.96 Å². The lowest BCUT2D eigenvalue weighted by Crippen LogP contribution is -2.43. The molecule has 0 aromatic heterocycles. The summed E-state index contributed by atoms with van der Waals surface area (Å²) in [4.78, 5) is 16.1. The molecule has 0 fully saturated rings. The van der Waals surface area contributed by atoms with Crippen LogP contribution in [0.4, 0.5) is 0 Å². The van der Waals surface area contributed by atoms with E-state index in [0.717, 1.165) is 16.9 Å². The number of guanidine groups is 1. The van der Waals surface area contributed by atoms with Crippen LogP contribution in [-0.4, -0.2) is 37.6 Å². The molecule has 3 N–H and O–H groups in total. The Bertz CT molecular complexity index is 655. The van der Waals surface area contributed by atoms with E-state index in [-0.39, 0.29) is 16.9 Å². The maximum absolute atomic E-state index is 11.9. The molecule has 0 bridgehead atoms. The molecule has 0 radical (unpaired) electrons. The van der Waals surface area contributed by atoms with Crippen molar-refractivity contribution in [3.05, 3.63) is 29.3 Å². The number of nitrogens with one attached hydrogen (secondary N) is 3. The van der Waals surface area contributed by atoms with E-state index in [1.165, 1.54) is 0 Å². The van der Waals surface area contributed by atoms with Crippen molar-refractivity contribution in [1.82, 2.24) is 16.0 Å². The average molecular weight is 377 g/mol. The number of ether oxygens (including phenoxy) is 1. The normalized spacial score (nSPS) is 12.5. The Balaban J connectivity index is 2.57. The molecule has 6 heteroatoms. The highest BCUT2D eigenvalue weighted by atomic mass is 16.5. The third-order valence-corrected chi connectivity index (χ3v) is 3.69. The third kappa shape index (κ3) is 8.80. The molecule has 152 valence electrons. The summed E-state index contributed by atoms with van der Waals surface area (Å²) < 4.78 is 6.09. The second kappa shape index (κ2) is 9.62. The van der Waals surface area contributed by atoms with Crippen LogP contribution in [0.15, 0.2) is 23.2 Å². The molecule has 0 atom stereocenters. The largest absolute Gasteiger partial charge is 0.488 e. The maximum Gasteiger partial charge on any atom is 0.225 e. The van der Waals surface area contributed by atoms with Crippen molar-refractivity contribution in [2.45, 2.75) is 60.6 Å². The van der Waals surface area contributed by atoms with Crippen molar-refractivity contribution in [1.29, 1.82) is 0 Å². The molecule has 27 heavy (non-hydrogen) atoms. The monoisotopic (exact) mass is 376 g/mol. The number of nitrogens with zero attached hydrogens (tertiary/aromatic N) is 1. The van der Waals surface area contributed by atoms with E-state index >= 15 is 0 Å². The van der Waals surface area contributed by atoms with E-state index in [9.17, 15) is 4.79 Å². The van der Waals surface area contributed by atoms with E-state index in [1.807, 2.05) is 41.5 Å². The summed E-state index contributed by atoms with van der Waals surface area (Å²) in [5, 5.41) is 9.42. The lowest BCUT2D eigenvalue weighted by Gasteiger charge is -2.24. The van der Waals surface area contributed by atoms with Crippen LogP contribution in [0.2, 0.25) is 0 Å². The van der Waals surface area contributed by atoms with Crippen LogP contribution in [0, 0.1) is 12.3 Å². The topological polar surface area (TPSA) is 74.8 Å². The molecule has 0 aliphatic carbocycles. The molecule has 0 heterocycles. The van der Waals surface area contributed by atoms with Crippen molar-refractivity contribution in [3.63, 3.8) is 0 Å². The zero-order valence-electron chi connectivity index (χ0n) is 18.1. The molecule has 0 aliphatic rings. The Hall–Kier alpha value is -2.24. The minimum absolute atomic E-state index is 0.0378. The Morgan fingerprint density at radius 1 is 1.04 bits per heavy atom. The number of aliphatic imine (C=N–C) groups is 1. The number of rotatable bonds is 6. The van der Waals surface area contributed by atoms with Gasteiger partial charge < -0.3 is 20.7 Å². The molecule has 1 amide bonds. The van der Waals surface area contributed by atoms with Crippen molar-refractivity contribution in [2.24, 2.45) is 10.4 Å². The van der Waals surface area contributed by atoms with Gasteiger partial charge in [0, 0.05) is 37.7 Å². The van der Waals surface area contributed by atoms with Gasteiger partial charge in [-0.25, -0.2) is 0 Å². The molecule has 6 nitrogen and oxygen atoms in total. The van der Waals surface area contributed by atoms with E-state index in [4.69, 9.17) is 4.74 Å². The predicted molar refractivity (Wildman–Crippen MR) is 112 cm³/mol. The smallest absolute Gasteiger partial charge is 0.225 e. The van der Waals surface area contributed by atoms with E-state index in [0.29, 0.717) is 25.6 Å². The van der Waals surface area contributed by atoms with Crippen LogP contribution in [0.1, 0.15) is 52.7 Å². The highest BCUT2D eigenvalue weighted by molar-refractivity contribution is 5.81. The van der Waals surface area contributed by atoms with Crippen LogP contribution in [0.5, 0.6) is 5.75 Å². The Morgan fingerprint density at radius 3 is 2.22 bits per heavy atom. The second-order valence-electron chi connectivity index (χ2n) is 8.68. The summed E-state index contributed by atoms with van der Waals surface area (Å²) in [5.74, 6) is 1.60. The number of amides is 1. The van der Waals surface area contributed by atoms with Crippen molar-refractivity contribution in [3.8, 4) is 5.75 Å². The minimum Gasteiger partial charge on any atom is -0.488 e. The van der Waals surface area contributed by atoms with Gasteiger partial charge in [0.1, 0.15) is 11.4 Å². The molecule has 0 unspecified atom stereocenters. The Morgan fingerprint density at radius 2 is 1.67 bits per heavy atom. The molecule has 0 saturated heterocycles. The summed E-state index contributed by atoms with van der Waals surface area (Å²) >= 11 is 0. The van der Waals surface area contributed by atoms with Gasteiger partial charge in [0.2, 0.25) is 5.91 Å². The summed E-state index contributed by atoms with van der Waals surface area (Å²) in [6.45, 7) is 15.6. The third-order valence-electron chi connectivity index (χ3n) is 3.69. The predicted octanol–water partition coefficient (Wildman–Crippen LogP) is 3.00. The van der Waals surface area contributed by atoms with Gasteiger partial charge in [-0.15, -0.1) is 0 Å². The van der Waals surface area contributed by atoms with Crippen molar-refractivity contribution >= 4 is 11.9 Å². The zero-order chi connectivity index (χ0) is 20.7.